The number of halogens is 1. The number of ether oxygens (including phenoxy) is 1. The third kappa shape index (κ3) is 4.50. The highest BCUT2D eigenvalue weighted by Gasteiger charge is 2.08. The minimum atomic E-state index is 0.393. The van der Waals surface area contributed by atoms with Crippen molar-refractivity contribution in [3.8, 4) is 5.75 Å². The number of aromatic nitrogens is 4. The van der Waals surface area contributed by atoms with E-state index in [0.717, 1.165) is 6.34 Å². The zero-order valence-corrected chi connectivity index (χ0v) is 14.8. The van der Waals surface area contributed by atoms with Gasteiger partial charge in [0.15, 0.2) is 5.82 Å². The van der Waals surface area contributed by atoms with Crippen LogP contribution in [0.15, 0.2) is 66.5 Å². The Morgan fingerprint density at radius 1 is 1.26 bits per heavy atom. The topological polar surface area (TPSA) is 109 Å². The van der Waals surface area contributed by atoms with E-state index < -0.39 is 0 Å². The molecule has 0 amide bonds. The third-order valence-electron chi connectivity index (χ3n) is 3.32. The molecule has 0 radical (unpaired) electrons. The second-order valence-electron chi connectivity index (χ2n) is 5.05. The maximum absolute atomic E-state index is 6.86. The molecule has 0 atom stereocenters. The van der Waals surface area contributed by atoms with Gasteiger partial charge in [-0.25, -0.2) is 24.9 Å². The molecule has 3 rings (SSSR count). The zero-order chi connectivity index (χ0) is 19.1. The molecule has 0 aliphatic heterocycles. The number of allylic oxidation sites excluding steroid dienone is 2. The molecule has 27 heavy (non-hydrogen) atoms. The maximum atomic E-state index is 6.86. The van der Waals surface area contributed by atoms with Gasteiger partial charge in [-0.2, -0.15) is 0 Å². The fraction of sp³-hybridized carbons (Fsp3) is 0. The molecule has 2 aromatic heterocycles. The number of hydrogen-bond donors (Lipinski definition) is 2. The van der Waals surface area contributed by atoms with Crippen LogP contribution in [0.25, 0.3) is 11.0 Å². The van der Waals surface area contributed by atoms with Crippen molar-refractivity contribution in [2.24, 2.45) is 4.99 Å². The molecular formula is C18H14ClN7O. The van der Waals surface area contributed by atoms with Gasteiger partial charge in [0.2, 0.25) is 0 Å². The normalized spacial score (nSPS) is 11.5. The first-order valence-electron chi connectivity index (χ1n) is 7.71. The summed E-state index contributed by atoms with van der Waals surface area (Å²) in [6.45, 7) is 3.67. The summed E-state index contributed by atoms with van der Waals surface area (Å²) in [6.07, 6.45) is 9.93. The molecule has 134 valence electrons. The van der Waals surface area contributed by atoms with Crippen molar-refractivity contribution in [3.63, 3.8) is 0 Å². The summed E-state index contributed by atoms with van der Waals surface area (Å²) in [6, 6.07) is 5.22. The van der Waals surface area contributed by atoms with Crippen LogP contribution in [0, 0.1) is 5.41 Å². The van der Waals surface area contributed by atoms with E-state index in [0.29, 0.717) is 39.1 Å². The summed E-state index contributed by atoms with van der Waals surface area (Å²) >= 11 is 6.32. The van der Waals surface area contributed by atoms with Gasteiger partial charge in [0.1, 0.15) is 41.5 Å². The van der Waals surface area contributed by atoms with Crippen molar-refractivity contribution in [1.82, 2.24) is 19.9 Å². The summed E-state index contributed by atoms with van der Waals surface area (Å²) in [4.78, 5) is 20.1. The Bertz CT molecular complexity index is 1040. The number of hydrogen-bond acceptors (Lipinski definition) is 7. The van der Waals surface area contributed by atoms with Gasteiger partial charge in [-0.05, 0) is 30.4 Å². The van der Waals surface area contributed by atoms with Gasteiger partial charge in [0.25, 0.3) is 0 Å². The Labute approximate surface area is 159 Å². The van der Waals surface area contributed by atoms with Crippen molar-refractivity contribution in [3.05, 3.63) is 66.6 Å². The van der Waals surface area contributed by atoms with E-state index in [9.17, 15) is 0 Å². The zero-order valence-electron chi connectivity index (χ0n) is 14.0. The number of nitrogens with one attached hydrogen (secondary N) is 2. The van der Waals surface area contributed by atoms with Crippen LogP contribution < -0.4 is 10.1 Å². The quantitative estimate of drug-likeness (QED) is 0.278. The fourth-order valence-corrected chi connectivity index (χ4v) is 2.35. The minimum Gasteiger partial charge on any atom is -0.456 e. The number of aliphatic imine (C=N–C) groups is 1. The van der Waals surface area contributed by atoms with E-state index in [-0.39, 0.29) is 0 Å². The Kier molecular flexibility index (Phi) is 5.80. The second kappa shape index (κ2) is 8.63. The van der Waals surface area contributed by atoms with Gasteiger partial charge in [0, 0.05) is 11.9 Å². The van der Waals surface area contributed by atoms with Crippen LogP contribution in [-0.4, -0.2) is 32.5 Å². The van der Waals surface area contributed by atoms with Crippen molar-refractivity contribution in [1.29, 1.82) is 5.41 Å². The number of fused-ring (bicyclic) bond motifs is 1. The molecule has 0 saturated heterocycles. The molecule has 3 aromatic rings. The highest BCUT2D eigenvalue weighted by molar-refractivity contribution is 6.32. The van der Waals surface area contributed by atoms with E-state index >= 15 is 0 Å². The highest BCUT2D eigenvalue weighted by Crippen LogP contribution is 2.31. The van der Waals surface area contributed by atoms with Crippen LogP contribution in [0.1, 0.15) is 0 Å². The SMILES string of the molecule is C=C/C(=C\C=NC=N)Oc1ccc(Nc2ncnc3cncnc23)cc1Cl. The van der Waals surface area contributed by atoms with Crippen molar-refractivity contribution >= 4 is 46.7 Å². The minimum absolute atomic E-state index is 0.393. The smallest absolute Gasteiger partial charge is 0.160 e. The molecule has 0 unspecified atom stereocenters. The van der Waals surface area contributed by atoms with Crippen LogP contribution in [0.4, 0.5) is 11.5 Å². The molecule has 0 fully saturated rings. The summed E-state index contributed by atoms with van der Waals surface area (Å²) < 4.78 is 5.69. The molecule has 0 bridgehead atoms. The molecule has 1 aromatic carbocycles. The first kappa shape index (κ1) is 18.2. The third-order valence-corrected chi connectivity index (χ3v) is 3.62. The number of nitrogens with zero attached hydrogens (tertiary/aromatic N) is 5. The number of benzene rings is 1. The summed E-state index contributed by atoms with van der Waals surface area (Å²) in [5.74, 6) is 1.44. The number of rotatable bonds is 7. The second-order valence-corrected chi connectivity index (χ2v) is 5.46. The molecule has 9 heteroatoms. The lowest BCUT2D eigenvalue weighted by Crippen LogP contribution is -1.99. The lowest BCUT2D eigenvalue weighted by molar-refractivity contribution is 0.446. The average molecular weight is 380 g/mol. The lowest BCUT2D eigenvalue weighted by atomic mass is 10.3. The molecule has 2 N–H and O–H groups in total. The van der Waals surface area contributed by atoms with E-state index in [1.807, 2.05) is 0 Å². The first-order chi connectivity index (χ1) is 13.2. The van der Waals surface area contributed by atoms with Crippen LogP contribution in [0.5, 0.6) is 5.75 Å². The van der Waals surface area contributed by atoms with Gasteiger partial charge < -0.3 is 10.1 Å². The van der Waals surface area contributed by atoms with E-state index in [2.05, 4.69) is 36.8 Å². The largest absolute Gasteiger partial charge is 0.456 e. The molecule has 0 saturated carbocycles. The van der Waals surface area contributed by atoms with Crippen LogP contribution in [0.3, 0.4) is 0 Å². The van der Waals surface area contributed by atoms with Crippen molar-refractivity contribution in [2.75, 3.05) is 5.32 Å². The van der Waals surface area contributed by atoms with Gasteiger partial charge in [-0.15, -0.1) is 0 Å². The Balaban J connectivity index is 1.82. The summed E-state index contributed by atoms with van der Waals surface area (Å²) in [5.41, 5.74) is 1.94. The Morgan fingerprint density at radius 3 is 2.93 bits per heavy atom. The Morgan fingerprint density at radius 2 is 2.15 bits per heavy atom. The monoisotopic (exact) mass is 379 g/mol. The van der Waals surface area contributed by atoms with E-state index in [1.165, 1.54) is 24.9 Å². The molecule has 0 aliphatic rings. The summed E-state index contributed by atoms with van der Waals surface area (Å²) in [7, 11) is 0. The van der Waals surface area contributed by atoms with Gasteiger partial charge in [-0.1, -0.05) is 18.2 Å². The Hall–Kier alpha value is -3.65. The molecular weight excluding hydrogens is 366 g/mol. The first-order valence-corrected chi connectivity index (χ1v) is 8.09. The highest BCUT2D eigenvalue weighted by atomic mass is 35.5. The van der Waals surface area contributed by atoms with Crippen molar-refractivity contribution in [2.45, 2.75) is 0 Å². The standard InChI is InChI=1S/C18H14ClN7O/c1-2-13(5-6-21-9-20)27-16-4-3-12(7-14(16)19)26-18-17-15(23-11-25-18)8-22-10-24-17/h2-11,20H,1H2,(H,23,25,26)/b13-5+,20-9?,21-6?. The van der Waals surface area contributed by atoms with Gasteiger partial charge >= 0.3 is 0 Å². The maximum Gasteiger partial charge on any atom is 0.160 e. The summed E-state index contributed by atoms with van der Waals surface area (Å²) in [5, 5.41) is 10.4. The number of anilines is 2. The van der Waals surface area contributed by atoms with Crippen LogP contribution in [0.2, 0.25) is 5.02 Å². The molecule has 2 heterocycles. The van der Waals surface area contributed by atoms with E-state index in [4.69, 9.17) is 21.7 Å². The van der Waals surface area contributed by atoms with E-state index in [1.54, 1.807) is 30.5 Å². The average Bonchev–Trinajstić information content (AvgIpc) is 2.69. The molecule has 0 aliphatic carbocycles. The van der Waals surface area contributed by atoms with Crippen LogP contribution >= 0.6 is 11.6 Å². The fourth-order valence-electron chi connectivity index (χ4n) is 2.13. The lowest BCUT2D eigenvalue weighted by Gasteiger charge is -2.11. The molecule has 8 nitrogen and oxygen atoms in total. The predicted molar refractivity (Wildman–Crippen MR) is 106 cm³/mol. The van der Waals surface area contributed by atoms with Gasteiger partial charge in [0.05, 0.1) is 11.2 Å². The van der Waals surface area contributed by atoms with Crippen molar-refractivity contribution < 1.29 is 4.74 Å². The van der Waals surface area contributed by atoms with Crippen LogP contribution in [-0.2, 0) is 0 Å². The molecule has 0 spiro atoms. The predicted octanol–water partition coefficient (Wildman–Crippen LogP) is 3.94. The van der Waals surface area contributed by atoms with Gasteiger partial charge in [-0.3, -0.25) is 5.41 Å².